The van der Waals surface area contributed by atoms with Crippen molar-refractivity contribution in [3.63, 3.8) is 0 Å². The van der Waals surface area contributed by atoms with Gasteiger partial charge >= 0.3 is 9.33 Å². The molecule has 0 fully saturated rings. The van der Waals surface area contributed by atoms with Gasteiger partial charge in [0.05, 0.1) is 17.7 Å². The molecule has 0 atom stereocenters. The largest absolute Gasteiger partial charge is 0.353 e. The summed E-state index contributed by atoms with van der Waals surface area (Å²) >= 11 is 0. The van der Waals surface area contributed by atoms with E-state index in [1.165, 1.54) is 18.2 Å². The van der Waals surface area contributed by atoms with Crippen molar-refractivity contribution < 1.29 is 31.0 Å². The van der Waals surface area contributed by atoms with Crippen LogP contribution >= 0.6 is 21.4 Å². The van der Waals surface area contributed by atoms with Crippen LogP contribution in [0.1, 0.15) is 11.1 Å². The Hall–Kier alpha value is -2.18. The molecule has 156 valence electrons. The van der Waals surface area contributed by atoms with Crippen molar-refractivity contribution in [2.24, 2.45) is 0 Å². The number of halogens is 2. The molecule has 0 saturated heterocycles. The van der Waals surface area contributed by atoms with Gasteiger partial charge < -0.3 is 10.6 Å². The van der Waals surface area contributed by atoms with Gasteiger partial charge in [0.2, 0.25) is 11.8 Å². The van der Waals surface area contributed by atoms with Crippen LogP contribution in [0, 0.1) is 0 Å². The molecule has 2 aromatic carbocycles. The number of amides is 2. The first-order valence-corrected chi connectivity index (χ1v) is 12.3. The van der Waals surface area contributed by atoms with Gasteiger partial charge in [0.25, 0.3) is 9.05 Å². The average Bonchev–Trinajstić information content (AvgIpc) is 3.12. The van der Waals surface area contributed by atoms with E-state index >= 15 is 0 Å². The van der Waals surface area contributed by atoms with Crippen molar-refractivity contribution in [1.82, 2.24) is 0 Å². The molecular weight excluding hydrogens is 467 g/mol. The minimum absolute atomic E-state index is 0.0226. The number of hydrogen-bond acceptors (Lipinski definition) is 6. The number of carbonyl (C=O) groups is 2. The van der Waals surface area contributed by atoms with Gasteiger partial charge in [-0.15, -0.1) is 0 Å². The molecule has 3 N–H and O–H groups in total. The molecule has 0 aliphatic carbocycles. The van der Waals surface area contributed by atoms with Crippen molar-refractivity contribution in [2.75, 3.05) is 10.6 Å². The van der Waals surface area contributed by atoms with Crippen LogP contribution in [0.4, 0.5) is 11.4 Å². The van der Waals surface area contributed by atoms with E-state index in [-0.39, 0.29) is 23.1 Å². The average molecular weight is 481 g/mol. The molecule has 29 heavy (non-hydrogen) atoms. The van der Waals surface area contributed by atoms with Crippen LogP contribution in [0.15, 0.2) is 47.4 Å². The summed E-state index contributed by atoms with van der Waals surface area (Å²) in [4.78, 5) is 21.8. The molecule has 2 aliphatic rings. The van der Waals surface area contributed by atoms with Crippen molar-refractivity contribution in [1.29, 1.82) is 0 Å². The third kappa shape index (κ3) is 7.63. The first kappa shape index (κ1) is 23.1. The molecule has 0 unspecified atom stereocenters. The molecule has 0 bridgehead atoms. The number of anilines is 2. The van der Waals surface area contributed by atoms with Crippen LogP contribution < -0.4 is 10.6 Å². The molecule has 4 rings (SSSR count). The molecule has 0 saturated carbocycles. The third-order valence-corrected chi connectivity index (χ3v) is 4.98. The number of fused-ring (bicyclic) bond motifs is 2. The van der Waals surface area contributed by atoms with Gasteiger partial charge in [0, 0.05) is 32.7 Å². The Bertz CT molecular complexity index is 1130. The summed E-state index contributed by atoms with van der Waals surface area (Å²) in [5.74, 6) is -0.0367. The van der Waals surface area contributed by atoms with E-state index in [9.17, 15) is 18.0 Å². The number of para-hydroxylation sites is 1. The Morgan fingerprint density at radius 2 is 1.28 bits per heavy atom. The highest BCUT2D eigenvalue weighted by Crippen LogP contribution is 2.27. The van der Waals surface area contributed by atoms with Gasteiger partial charge in [-0.05, 0) is 35.4 Å². The molecule has 0 spiro atoms. The highest BCUT2D eigenvalue weighted by atomic mass is 35.7. The zero-order valence-electron chi connectivity index (χ0n) is 14.4. The van der Waals surface area contributed by atoms with Crippen LogP contribution in [-0.2, 0) is 40.8 Å². The predicted molar refractivity (Wildman–Crippen MR) is 108 cm³/mol. The van der Waals surface area contributed by atoms with E-state index in [1.807, 2.05) is 24.3 Å². The summed E-state index contributed by atoms with van der Waals surface area (Å²) in [6, 6.07) is 12.1. The second-order valence-electron chi connectivity index (χ2n) is 5.78. The van der Waals surface area contributed by atoms with E-state index in [0.29, 0.717) is 17.7 Å². The van der Waals surface area contributed by atoms with Crippen LogP contribution in [0.3, 0.4) is 0 Å². The smallest absolute Gasteiger partial charge is 0.326 e. The van der Waals surface area contributed by atoms with Crippen LogP contribution in [0.5, 0.6) is 0 Å². The summed E-state index contributed by atoms with van der Waals surface area (Å²) < 4.78 is 47.1. The minimum Gasteiger partial charge on any atom is -0.326 e. The quantitative estimate of drug-likeness (QED) is 0.418. The van der Waals surface area contributed by atoms with E-state index in [1.54, 1.807) is 0 Å². The van der Waals surface area contributed by atoms with Crippen molar-refractivity contribution in [3.8, 4) is 0 Å². The fourth-order valence-corrected chi connectivity index (χ4v) is 3.32. The lowest BCUT2D eigenvalue weighted by molar-refractivity contribution is -0.115. The summed E-state index contributed by atoms with van der Waals surface area (Å²) in [7, 11) is 1.32. The Morgan fingerprint density at radius 1 is 0.793 bits per heavy atom. The molecular formula is C16H14Cl2N2O7S2. The molecule has 2 amide bonds. The number of nitrogens with one attached hydrogen (secondary N) is 2. The van der Waals surface area contributed by atoms with E-state index in [0.717, 1.165) is 11.3 Å². The number of rotatable bonds is 1. The first-order chi connectivity index (χ1) is 13.3. The lowest BCUT2D eigenvalue weighted by atomic mass is 10.2. The second kappa shape index (κ2) is 9.09. The molecule has 13 heteroatoms. The first-order valence-electron chi connectivity index (χ1n) is 7.75. The molecule has 0 aromatic heterocycles. The summed E-state index contributed by atoms with van der Waals surface area (Å²) in [5, 5.41) is 5.36. The monoisotopic (exact) mass is 480 g/mol. The SMILES string of the molecule is O=C1Cc2cc(S(=O)(=O)Cl)ccc2N1.O=C1Cc2ccccc2N1.O=S(=O)(O)Cl. The van der Waals surface area contributed by atoms with Gasteiger partial charge in [0.1, 0.15) is 0 Å². The maximum absolute atomic E-state index is 11.0. The molecule has 2 aromatic rings. The predicted octanol–water partition coefficient (Wildman–Crippen LogP) is 2.32. The second-order valence-corrected chi connectivity index (χ2v) is 10.3. The third-order valence-electron chi connectivity index (χ3n) is 3.63. The van der Waals surface area contributed by atoms with E-state index in [4.69, 9.17) is 23.7 Å². The van der Waals surface area contributed by atoms with E-state index in [2.05, 4.69) is 21.3 Å². The van der Waals surface area contributed by atoms with Crippen LogP contribution in [0.2, 0.25) is 0 Å². The number of hydrogen-bond donors (Lipinski definition) is 3. The minimum atomic E-state index is -4.19. The fraction of sp³-hybridized carbons (Fsp3) is 0.125. The van der Waals surface area contributed by atoms with Crippen molar-refractivity contribution in [2.45, 2.75) is 17.7 Å². The van der Waals surface area contributed by atoms with Crippen LogP contribution in [-0.4, -0.2) is 33.2 Å². The van der Waals surface area contributed by atoms with Crippen LogP contribution in [0.25, 0.3) is 0 Å². The maximum atomic E-state index is 11.0. The topological polar surface area (TPSA) is 147 Å². The Kier molecular flexibility index (Phi) is 7.25. The summed E-state index contributed by atoms with van der Waals surface area (Å²) in [6.07, 6.45) is 0.742. The molecule has 2 aliphatic heterocycles. The van der Waals surface area contributed by atoms with Crippen molar-refractivity contribution >= 4 is 62.9 Å². The Labute approximate surface area is 175 Å². The normalized spacial score (nSPS) is 14.3. The molecule has 9 nitrogen and oxygen atoms in total. The van der Waals surface area contributed by atoms with Gasteiger partial charge in [-0.3, -0.25) is 14.1 Å². The van der Waals surface area contributed by atoms with E-state index < -0.39 is 18.4 Å². The van der Waals surface area contributed by atoms with Gasteiger partial charge in [-0.2, -0.15) is 8.42 Å². The Morgan fingerprint density at radius 3 is 1.79 bits per heavy atom. The van der Waals surface area contributed by atoms with Gasteiger partial charge in [-0.1, -0.05) is 18.2 Å². The lowest BCUT2D eigenvalue weighted by Gasteiger charge is -1.99. The zero-order chi connectivity index (χ0) is 21.8. The van der Waals surface area contributed by atoms with Gasteiger partial charge in [0.15, 0.2) is 0 Å². The highest BCUT2D eigenvalue weighted by Gasteiger charge is 2.20. The summed E-state index contributed by atoms with van der Waals surface area (Å²) in [5.41, 5.74) is 3.38. The van der Waals surface area contributed by atoms with Gasteiger partial charge in [-0.25, -0.2) is 8.42 Å². The molecule has 0 radical (unpaired) electrons. The maximum Gasteiger partial charge on any atom is 0.353 e. The molecule has 2 heterocycles. The Balaban J connectivity index is 0.000000175. The number of carbonyl (C=O) groups excluding carboxylic acids is 2. The zero-order valence-corrected chi connectivity index (χ0v) is 17.6. The lowest BCUT2D eigenvalue weighted by Crippen LogP contribution is -2.03. The standard InChI is InChI=1S/C8H6ClNO3S.C8H7NO.ClHO3S/c9-14(12,13)6-1-2-7-5(3-6)4-8(11)10-7;10-8-5-6-3-1-2-4-7(6)9-8;1-5(2,3)4/h1-3H,4H2,(H,10,11);1-4H,5H2,(H,9,10);(H,2,3,4). The van der Waals surface area contributed by atoms with Crippen molar-refractivity contribution in [3.05, 3.63) is 53.6 Å². The summed E-state index contributed by atoms with van der Waals surface area (Å²) in [6.45, 7) is 0. The highest BCUT2D eigenvalue weighted by molar-refractivity contribution is 8.13. The number of benzene rings is 2. The fourth-order valence-electron chi connectivity index (χ4n) is 2.52.